The molecule has 2 rings (SSSR count). The maximum absolute atomic E-state index is 12.6. The summed E-state index contributed by atoms with van der Waals surface area (Å²) in [4.78, 5) is 36.9. The lowest BCUT2D eigenvalue weighted by Gasteiger charge is -2.27. The van der Waals surface area contributed by atoms with Crippen LogP contribution in [0.3, 0.4) is 0 Å². The Hall–Kier alpha value is -3.35. The Labute approximate surface area is 175 Å². The maximum Gasteiger partial charge on any atom is 0.333 e. The molecule has 0 aliphatic carbocycles. The second-order valence-corrected chi connectivity index (χ2v) is 6.88. The molecule has 30 heavy (non-hydrogen) atoms. The molecular formula is C23H26O7. The normalized spacial score (nSPS) is 15.8. The van der Waals surface area contributed by atoms with E-state index in [0.29, 0.717) is 6.42 Å². The van der Waals surface area contributed by atoms with Crippen LogP contribution >= 0.6 is 0 Å². The summed E-state index contributed by atoms with van der Waals surface area (Å²) < 4.78 is 20.0. The Bertz CT molecular complexity index is 836. The Balaban J connectivity index is 2.17. The Morgan fingerprint density at radius 3 is 2.30 bits per heavy atom. The van der Waals surface area contributed by atoms with Crippen LogP contribution in [0.4, 0.5) is 0 Å². The van der Waals surface area contributed by atoms with Crippen molar-refractivity contribution < 1.29 is 33.3 Å². The van der Waals surface area contributed by atoms with E-state index in [2.05, 4.69) is 11.3 Å². The van der Waals surface area contributed by atoms with E-state index in [1.54, 1.807) is 18.4 Å². The third-order valence-electron chi connectivity index (χ3n) is 4.92. The lowest BCUT2D eigenvalue weighted by atomic mass is 9.78. The minimum atomic E-state index is -1.75. The van der Waals surface area contributed by atoms with E-state index in [9.17, 15) is 14.4 Å². The molecule has 0 saturated carbocycles. The van der Waals surface area contributed by atoms with Gasteiger partial charge in [0.05, 0.1) is 27.6 Å². The highest BCUT2D eigenvalue weighted by Gasteiger charge is 2.48. The standard InChI is InChI=1S/C23H26O7/c1-16(20(24)27-2)14-23(21(25)28-3,22(26)29-4)12-8-9-17-13-19(30-15-17)18-10-6-5-7-11-18/h5-11,15,19H,1,12-14H2,2-4H3/b9-8+. The van der Waals surface area contributed by atoms with E-state index in [1.807, 2.05) is 30.3 Å². The van der Waals surface area contributed by atoms with E-state index in [-0.39, 0.29) is 24.5 Å². The Morgan fingerprint density at radius 2 is 1.73 bits per heavy atom. The molecule has 0 spiro atoms. The third kappa shape index (κ3) is 5.17. The molecular weight excluding hydrogens is 388 g/mol. The second kappa shape index (κ2) is 10.4. The van der Waals surface area contributed by atoms with Crippen LogP contribution in [0, 0.1) is 5.41 Å². The highest BCUT2D eigenvalue weighted by Crippen LogP contribution is 2.36. The summed E-state index contributed by atoms with van der Waals surface area (Å²) in [5, 5.41) is 0. The fourth-order valence-electron chi connectivity index (χ4n) is 3.30. The predicted molar refractivity (Wildman–Crippen MR) is 109 cm³/mol. The molecule has 0 amide bonds. The van der Waals surface area contributed by atoms with Crippen molar-refractivity contribution in [2.45, 2.75) is 25.4 Å². The van der Waals surface area contributed by atoms with Crippen molar-refractivity contribution in [1.82, 2.24) is 0 Å². The second-order valence-electron chi connectivity index (χ2n) is 6.88. The van der Waals surface area contributed by atoms with E-state index < -0.39 is 23.3 Å². The van der Waals surface area contributed by atoms with Crippen molar-refractivity contribution >= 4 is 17.9 Å². The van der Waals surface area contributed by atoms with E-state index in [1.165, 1.54) is 21.3 Å². The molecule has 0 saturated heterocycles. The zero-order chi connectivity index (χ0) is 22.1. The average molecular weight is 414 g/mol. The van der Waals surface area contributed by atoms with Crippen molar-refractivity contribution in [1.29, 1.82) is 0 Å². The molecule has 7 nitrogen and oxygen atoms in total. The highest BCUT2D eigenvalue weighted by molar-refractivity contribution is 6.02. The summed E-state index contributed by atoms with van der Waals surface area (Å²) in [7, 11) is 3.53. The molecule has 0 radical (unpaired) electrons. The van der Waals surface area contributed by atoms with Crippen LogP contribution in [0.15, 0.2) is 66.5 Å². The monoisotopic (exact) mass is 414 g/mol. The van der Waals surface area contributed by atoms with Crippen LogP contribution in [0.2, 0.25) is 0 Å². The van der Waals surface area contributed by atoms with Gasteiger partial charge in [-0.3, -0.25) is 9.59 Å². The lowest BCUT2D eigenvalue weighted by molar-refractivity contribution is -0.169. The molecule has 0 aromatic heterocycles. The number of carbonyl (C=O) groups is 3. The number of methoxy groups -OCH3 is 3. The van der Waals surface area contributed by atoms with Gasteiger partial charge < -0.3 is 18.9 Å². The predicted octanol–water partition coefficient (Wildman–Crippen LogP) is 3.43. The van der Waals surface area contributed by atoms with Gasteiger partial charge in [-0.05, 0) is 17.6 Å². The molecule has 1 aromatic rings. The van der Waals surface area contributed by atoms with Crippen molar-refractivity contribution in [2.24, 2.45) is 5.41 Å². The fourth-order valence-corrected chi connectivity index (χ4v) is 3.30. The third-order valence-corrected chi connectivity index (χ3v) is 4.92. The van der Waals surface area contributed by atoms with Crippen molar-refractivity contribution in [3.63, 3.8) is 0 Å². The smallest absolute Gasteiger partial charge is 0.333 e. The van der Waals surface area contributed by atoms with Gasteiger partial charge in [-0.2, -0.15) is 0 Å². The van der Waals surface area contributed by atoms with Gasteiger partial charge in [-0.1, -0.05) is 49.1 Å². The summed E-state index contributed by atoms with van der Waals surface area (Å²) in [6.45, 7) is 3.63. The minimum absolute atomic E-state index is 0.0331. The topological polar surface area (TPSA) is 88.1 Å². The van der Waals surface area contributed by atoms with Gasteiger partial charge in [0.1, 0.15) is 6.10 Å². The largest absolute Gasteiger partial charge is 0.493 e. The summed E-state index contributed by atoms with van der Waals surface area (Å²) in [5.41, 5.74) is 0.183. The first-order valence-corrected chi connectivity index (χ1v) is 9.37. The van der Waals surface area contributed by atoms with Gasteiger partial charge >= 0.3 is 17.9 Å². The van der Waals surface area contributed by atoms with Crippen LogP contribution in [0.25, 0.3) is 0 Å². The molecule has 1 aliphatic rings. The number of allylic oxidation sites excluding steroid dienone is 2. The van der Waals surface area contributed by atoms with Gasteiger partial charge in [0.2, 0.25) is 0 Å². The summed E-state index contributed by atoms with van der Waals surface area (Å²) in [5.74, 6) is -2.35. The first kappa shape index (κ1) is 22.9. The SMILES string of the molecule is C=C(CC(C/C=C/C1=COC(c2ccccc2)C1)(C(=O)OC)C(=O)OC)C(=O)OC. The average Bonchev–Trinajstić information content (AvgIpc) is 3.25. The van der Waals surface area contributed by atoms with Crippen LogP contribution in [0.5, 0.6) is 0 Å². The van der Waals surface area contributed by atoms with Crippen molar-refractivity contribution in [2.75, 3.05) is 21.3 Å². The van der Waals surface area contributed by atoms with Gasteiger partial charge in [0.25, 0.3) is 0 Å². The molecule has 1 unspecified atom stereocenters. The van der Waals surface area contributed by atoms with Gasteiger partial charge in [-0.25, -0.2) is 4.79 Å². The van der Waals surface area contributed by atoms with Crippen molar-refractivity contribution in [3.8, 4) is 0 Å². The van der Waals surface area contributed by atoms with Crippen LogP contribution in [0.1, 0.15) is 30.9 Å². The number of benzene rings is 1. The Kier molecular flexibility index (Phi) is 7.98. The number of esters is 3. The quantitative estimate of drug-likeness (QED) is 0.265. The first-order valence-electron chi connectivity index (χ1n) is 9.37. The summed E-state index contributed by atoms with van der Waals surface area (Å²) in [6, 6.07) is 9.81. The van der Waals surface area contributed by atoms with Gasteiger partial charge in [0, 0.05) is 18.4 Å². The molecule has 160 valence electrons. The zero-order valence-electron chi connectivity index (χ0n) is 17.4. The van der Waals surface area contributed by atoms with Crippen LogP contribution in [-0.4, -0.2) is 39.2 Å². The summed E-state index contributed by atoms with van der Waals surface area (Å²) >= 11 is 0. The lowest BCUT2D eigenvalue weighted by Crippen LogP contribution is -2.42. The molecule has 1 atom stereocenters. The van der Waals surface area contributed by atoms with E-state index in [4.69, 9.17) is 14.2 Å². The molecule has 1 aromatic carbocycles. The van der Waals surface area contributed by atoms with Crippen LogP contribution < -0.4 is 0 Å². The number of ether oxygens (including phenoxy) is 4. The summed E-state index contributed by atoms with van der Waals surface area (Å²) in [6.07, 6.45) is 5.33. The molecule has 1 heterocycles. The fraction of sp³-hybridized carbons (Fsp3) is 0.348. The maximum atomic E-state index is 12.6. The Morgan fingerprint density at radius 1 is 1.10 bits per heavy atom. The molecule has 0 N–H and O–H groups in total. The highest BCUT2D eigenvalue weighted by atomic mass is 16.5. The molecule has 0 bridgehead atoms. The van der Waals surface area contributed by atoms with E-state index in [0.717, 1.165) is 11.1 Å². The minimum Gasteiger partial charge on any atom is -0.493 e. The zero-order valence-corrected chi connectivity index (χ0v) is 17.4. The number of hydrogen-bond acceptors (Lipinski definition) is 7. The van der Waals surface area contributed by atoms with Gasteiger partial charge in [0.15, 0.2) is 5.41 Å². The number of hydrogen-bond donors (Lipinski definition) is 0. The number of carbonyl (C=O) groups excluding carboxylic acids is 3. The van der Waals surface area contributed by atoms with Gasteiger partial charge in [-0.15, -0.1) is 0 Å². The number of rotatable bonds is 9. The molecule has 7 heteroatoms. The van der Waals surface area contributed by atoms with Crippen LogP contribution in [-0.2, 0) is 33.3 Å². The molecule has 0 fully saturated rings. The van der Waals surface area contributed by atoms with Crippen molar-refractivity contribution in [3.05, 3.63) is 72.0 Å². The van der Waals surface area contributed by atoms with E-state index >= 15 is 0 Å². The molecule has 1 aliphatic heterocycles. The first-order chi connectivity index (χ1) is 14.4.